The van der Waals surface area contributed by atoms with Crippen LogP contribution in [0.15, 0.2) is 29.2 Å². The Labute approximate surface area is 113 Å². The normalized spacial score (nSPS) is 23.6. The fraction of sp³-hybridized carbons (Fsp3) is 0.538. The first-order valence-corrected chi connectivity index (χ1v) is 7.91. The van der Waals surface area contributed by atoms with Crippen LogP contribution in [0, 0.1) is 5.92 Å². The molecule has 1 fully saturated rings. The van der Waals surface area contributed by atoms with Crippen LogP contribution < -0.4 is 4.72 Å². The monoisotopic (exact) mass is 285 g/mol. The molecule has 1 heterocycles. The van der Waals surface area contributed by atoms with E-state index in [4.69, 9.17) is 9.84 Å². The van der Waals surface area contributed by atoms with Crippen molar-refractivity contribution in [1.82, 2.24) is 4.72 Å². The van der Waals surface area contributed by atoms with Crippen LogP contribution in [0.4, 0.5) is 0 Å². The third kappa shape index (κ3) is 3.46. The predicted octanol–water partition coefficient (Wildman–Crippen LogP) is 1.49. The molecule has 1 aromatic rings. The first-order chi connectivity index (χ1) is 9.03. The summed E-state index contributed by atoms with van der Waals surface area (Å²) in [5.74, 6) is 0.283. The van der Waals surface area contributed by atoms with Gasteiger partial charge < -0.3 is 9.84 Å². The number of phenolic OH excluding ortho intramolecular Hbond substituents is 1. The first-order valence-electron chi connectivity index (χ1n) is 6.43. The second-order valence-corrected chi connectivity index (χ2v) is 6.48. The lowest BCUT2D eigenvalue weighted by molar-refractivity contribution is 0.0884. The van der Waals surface area contributed by atoms with Crippen molar-refractivity contribution in [3.63, 3.8) is 0 Å². The highest BCUT2D eigenvalue weighted by Crippen LogP contribution is 2.23. The molecule has 0 saturated carbocycles. The molecule has 0 amide bonds. The molecule has 1 aromatic carbocycles. The Morgan fingerprint density at radius 1 is 1.37 bits per heavy atom. The second kappa shape index (κ2) is 5.90. The van der Waals surface area contributed by atoms with Gasteiger partial charge in [-0.15, -0.1) is 0 Å². The number of benzene rings is 1. The molecule has 106 valence electrons. The van der Waals surface area contributed by atoms with Crippen molar-refractivity contribution < 1.29 is 18.3 Å². The van der Waals surface area contributed by atoms with Crippen molar-refractivity contribution >= 4 is 10.0 Å². The van der Waals surface area contributed by atoms with Crippen molar-refractivity contribution in [3.8, 4) is 5.75 Å². The third-order valence-corrected chi connectivity index (χ3v) is 4.87. The Hall–Kier alpha value is -1.11. The van der Waals surface area contributed by atoms with E-state index < -0.39 is 10.0 Å². The Balaban J connectivity index is 2.00. The number of rotatable bonds is 5. The Kier molecular flexibility index (Phi) is 4.44. The van der Waals surface area contributed by atoms with E-state index in [-0.39, 0.29) is 22.7 Å². The number of phenols is 1. The smallest absolute Gasteiger partial charge is 0.240 e. The largest absolute Gasteiger partial charge is 0.508 e. The molecule has 0 bridgehead atoms. The lowest BCUT2D eigenvalue weighted by atomic mass is 10.0. The number of hydrogen-bond acceptors (Lipinski definition) is 4. The number of sulfonamides is 1. The molecule has 6 heteroatoms. The molecule has 1 aliphatic heterocycles. The zero-order chi connectivity index (χ0) is 13.9. The molecule has 2 N–H and O–H groups in total. The van der Waals surface area contributed by atoms with Gasteiger partial charge in [0.15, 0.2) is 0 Å². The topological polar surface area (TPSA) is 75.6 Å². The fourth-order valence-electron chi connectivity index (χ4n) is 2.30. The van der Waals surface area contributed by atoms with E-state index >= 15 is 0 Å². The van der Waals surface area contributed by atoms with Gasteiger partial charge >= 0.3 is 0 Å². The van der Waals surface area contributed by atoms with Crippen LogP contribution >= 0.6 is 0 Å². The summed E-state index contributed by atoms with van der Waals surface area (Å²) >= 11 is 0. The quantitative estimate of drug-likeness (QED) is 0.859. The first kappa shape index (κ1) is 14.3. The van der Waals surface area contributed by atoms with Crippen LogP contribution in [0.1, 0.15) is 19.8 Å². The van der Waals surface area contributed by atoms with E-state index in [0.717, 1.165) is 12.8 Å². The van der Waals surface area contributed by atoms with Crippen LogP contribution in [0.2, 0.25) is 0 Å². The highest BCUT2D eigenvalue weighted by atomic mass is 32.2. The third-order valence-electron chi connectivity index (χ3n) is 3.43. The maximum atomic E-state index is 12.1. The summed E-state index contributed by atoms with van der Waals surface area (Å²) < 4.78 is 32.3. The van der Waals surface area contributed by atoms with Crippen LogP contribution in [0.25, 0.3) is 0 Å². The fourth-order valence-corrected chi connectivity index (χ4v) is 3.40. The van der Waals surface area contributed by atoms with Gasteiger partial charge in [0.25, 0.3) is 0 Å². The van der Waals surface area contributed by atoms with E-state index in [2.05, 4.69) is 4.72 Å². The van der Waals surface area contributed by atoms with Gasteiger partial charge in [0.2, 0.25) is 10.0 Å². The standard InChI is InChI=1S/C13H19NO4S/c1-2-13-10(7-8-18-13)9-14-19(16,17)12-5-3-11(15)4-6-12/h3-6,10,13-15H,2,7-9H2,1H3. The SMILES string of the molecule is CCC1OCCC1CNS(=O)(=O)c1ccc(O)cc1. The van der Waals surface area contributed by atoms with Crippen molar-refractivity contribution in [2.75, 3.05) is 13.2 Å². The van der Waals surface area contributed by atoms with Crippen LogP contribution in [-0.2, 0) is 14.8 Å². The van der Waals surface area contributed by atoms with Crippen molar-refractivity contribution in [2.24, 2.45) is 5.92 Å². The summed E-state index contributed by atoms with van der Waals surface area (Å²) in [5, 5.41) is 9.16. The van der Waals surface area contributed by atoms with Gasteiger partial charge in [0, 0.05) is 19.1 Å². The Bertz CT molecular complexity index is 512. The van der Waals surface area contributed by atoms with E-state index in [0.29, 0.717) is 13.2 Å². The Morgan fingerprint density at radius 3 is 2.68 bits per heavy atom. The predicted molar refractivity (Wildman–Crippen MR) is 71.4 cm³/mol. The molecule has 0 aromatic heterocycles. The number of hydrogen-bond donors (Lipinski definition) is 2. The van der Waals surface area contributed by atoms with E-state index in [1.807, 2.05) is 6.92 Å². The van der Waals surface area contributed by atoms with Gasteiger partial charge in [-0.2, -0.15) is 0 Å². The lowest BCUT2D eigenvalue weighted by Crippen LogP contribution is -2.32. The Morgan fingerprint density at radius 2 is 2.05 bits per heavy atom. The van der Waals surface area contributed by atoms with Crippen LogP contribution in [0.5, 0.6) is 5.75 Å². The van der Waals surface area contributed by atoms with Gasteiger partial charge in [0.05, 0.1) is 11.0 Å². The molecule has 1 aliphatic rings. The number of ether oxygens (including phenoxy) is 1. The maximum absolute atomic E-state index is 12.1. The molecule has 1 saturated heterocycles. The minimum absolute atomic E-state index is 0.0502. The molecule has 2 unspecified atom stereocenters. The zero-order valence-corrected chi connectivity index (χ0v) is 11.7. The molecule has 0 aliphatic carbocycles. The summed E-state index contributed by atoms with van der Waals surface area (Å²) in [6.45, 7) is 3.13. The number of aromatic hydroxyl groups is 1. The van der Waals surface area contributed by atoms with Crippen molar-refractivity contribution in [3.05, 3.63) is 24.3 Å². The molecular formula is C13H19NO4S. The molecule has 2 rings (SSSR count). The van der Waals surface area contributed by atoms with Gasteiger partial charge in [0.1, 0.15) is 5.75 Å². The van der Waals surface area contributed by atoms with E-state index in [1.165, 1.54) is 24.3 Å². The van der Waals surface area contributed by atoms with Gasteiger partial charge in [-0.3, -0.25) is 0 Å². The molecule has 19 heavy (non-hydrogen) atoms. The summed E-state index contributed by atoms with van der Waals surface area (Å²) in [6, 6.07) is 5.50. The van der Waals surface area contributed by atoms with Gasteiger partial charge in [-0.1, -0.05) is 6.92 Å². The summed E-state index contributed by atoms with van der Waals surface area (Å²) in [5.41, 5.74) is 0. The lowest BCUT2D eigenvalue weighted by Gasteiger charge is -2.17. The van der Waals surface area contributed by atoms with Gasteiger partial charge in [-0.05, 0) is 37.1 Å². The molecule has 0 radical (unpaired) electrons. The molecular weight excluding hydrogens is 266 g/mol. The van der Waals surface area contributed by atoms with Crippen molar-refractivity contribution in [1.29, 1.82) is 0 Å². The zero-order valence-electron chi connectivity index (χ0n) is 10.9. The highest BCUT2D eigenvalue weighted by Gasteiger charge is 2.28. The molecule has 5 nitrogen and oxygen atoms in total. The molecule has 2 atom stereocenters. The average molecular weight is 285 g/mol. The summed E-state index contributed by atoms with van der Waals surface area (Å²) in [6.07, 6.45) is 1.92. The highest BCUT2D eigenvalue weighted by molar-refractivity contribution is 7.89. The summed E-state index contributed by atoms with van der Waals surface area (Å²) in [7, 11) is -3.51. The van der Waals surface area contributed by atoms with Crippen LogP contribution in [0.3, 0.4) is 0 Å². The van der Waals surface area contributed by atoms with E-state index in [1.54, 1.807) is 0 Å². The number of nitrogens with one attached hydrogen (secondary N) is 1. The van der Waals surface area contributed by atoms with Gasteiger partial charge in [-0.25, -0.2) is 13.1 Å². The van der Waals surface area contributed by atoms with Crippen molar-refractivity contribution in [2.45, 2.75) is 30.8 Å². The minimum Gasteiger partial charge on any atom is -0.508 e. The van der Waals surface area contributed by atoms with E-state index in [9.17, 15) is 8.42 Å². The second-order valence-electron chi connectivity index (χ2n) is 4.71. The maximum Gasteiger partial charge on any atom is 0.240 e. The molecule has 0 spiro atoms. The summed E-state index contributed by atoms with van der Waals surface area (Å²) in [4.78, 5) is 0.164. The average Bonchev–Trinajstić information content (AvgIpc) is 2.84. The van der Waals surface area contributed by atoms with Crippen LogP contribution in [-0.4, -0.2) is 32.8 Å². The minimum atomic E-state index is -3.51.